The first-order valence-corrected chi connectivity index (χ1v) is 7.32. The lowest BCUT2D eigenvalue weighted by Gasteiger charge is -2.03. The van der Waals surface area contributed by atoms with Crippen molar-refractivity contribution in [2.45, 2.75) is 33.1 Å². The lowest BCUT2D eigenvalue weighted by atomic mass is 10.1. The maximum Gasteiger partial charge on any atom is 0.234 e. The molecule has 2 aromatic heterocycles. The number of hydrogen-bond donors (Lipinski definition) is 0. The van der Waals surface area contributed by atoms with E-state index in [-0.39, 0.29) is 11.7 Å². The highest BCUT2D eigenvalue weighted by molar-refractivity contribution is 7.16. The van der Waals surface area contributed by atoms with Gasteiger partial charge in [-0.25, -0.2) is 4.39 Å². The van der Waals surface area contributed by atoms with Crippen molar-refractivity contribution in [3.8, 4) is 0 Å². The second kappa shape index (κ2) is 4.94. The quantitative estimate of drug-likeness (QED) is 0.743. The van der Waals surface area contributed by atoms with Gasteiger partial charge in [-0.05, 0) is 30.2 Å². The third-order valence-corrected chi connectivity index (χ3v) is 4.12. The van der Waals surface area contributed by atoms with Crippen LogP contribution in [-0.2, 0) is 6.42 Å². The summed E-state index contributed by atoms with van der Waals surface area (Å²) in [5.41, 5.74) is 2.03. The Bertz CT molecular complexity index is 760. The number of fused-ring (bicyclic) bond motifs is 1. The number of aromatic nitrogens is 4. The zero-order valence-electron chi connectivity index (χ0n) is 11.6. The molecule has 0 spiro atoms. The maximum absolute atomic E-state index is 13.3. The molecule has 0 aliphatic carbocycles. The van der Waals surface area contributed by atoms with Crippen LogP contribution in [-0.4, -0.2) is 19.8 Å². The molecule has 0 amide bonds. The van der Waals surface area contributed by atoms with Gasteiger partial charge in [0.2, 0.25) is 4.96 Å². The number of halogens is 1. The molecular formula is C14H15FN4S. The smallest absolute Gasteiger partial charge is 0.207 e. The maximum atomic E-state index is 13.3. The van der Waals surface area contributed by atoms with Gasteiger partial charge in [-0.15, -0.1) is 10.2 Å². The summed E-state index contributed by atoms with van der Waals surface area (Å²) >= 11 is 1.50. The van der Waals surface area contributed by atoms with Crippen molar-refractivity contribution >= 4 is 16.3 Å². The van der Waals surface area contributed by atoms with Gasteiger partial charge < -0.3 is 0 Å². The third kappa shape index (κ3) is 2.31. The zero-order valence-corrected chi connectivity index (χ0v) is 12.4. The molecular weight excluding hydrogens is 275 g/mol. The van der Waals surface area contributed by atoms with Crippen LogP contribution in [0.5, 0.6) is 0 Å². The molecule has 6 heteroatoms. The molecule has 0 unspecified atom stereocenters. The van der Waals surface area contributed by atoms with Crippen molar-refractivity contribution in [3.63, 3.8) is 0 Å². The summed E-state index contributed by atoms with van der Waals surface area (Å²) in [5, 5.41) is 13.7. The molecule has 0 saturated carbocycles. The van der Waals surface area contributed by atoms with Gasteiger partial charge in [0.25, 0.3) is 0 Å². The van der Waals surface area contributed by atoms with E-state index in [1.165, 1.54) is 17.4 Å². The third-order valence-electron chi connectivity index (χ3n) is 3.23. The van der Waals surface area contributed by atoms with Crippen LogP contribution in [0.25, 0.3) is 4.96 Å². The number of hydrogen-bond acceptors (Lipinski definition) is 4. The summed E-state index contributed by atoms with van der Waals surface area (Å²) in [6, 6.07) is 4.85. The van der Waals surface area contributed by atoms with Gasteiger partial charge in [0.1, 0.15) is 10.8 Å². The molecule has 104 valence electrons. The van der Waals surface area contributed by atoms with Crippen molar-refractivity contribution in [1.82, 2.24) is 19.8 Å². The molecule has 0 aliphatic heterocycles. The zero-order chi connectivity index (χ0) is 14.3. The van der Waals surface area contributed by atoms with Crippen LogP contribution < -0.4 is 0 Å². The Hall–Kier alpha value is -1.82. The van der Waals surface area contributed by atoms with Crippen LogP contribution in [0.1, 0.15) is 41.7 Å². The molecule has 3 rings (SSSR count). The van der Waals surface area contributed by atoms with E-state index in [2.05, 4.69) is 29.1 Å². The van der Waals surface area contributed by atoms with E-state index in [1.54, 1.807) is 16.6 Å². The molecule has 2 heterocycles. The minimum atomic E-state index is -0.212. The Morgan fingerprint density at radius 3 is 2.85 bits per heavy atom. The fourth-order valence-corrected chi connectivity index (χ4v) is 2.96. The van der Waals surface area contributed by atoms with Crippen LogP contribution in [0, 0.1) is 12.7 Å². The van der Waals surface area contributed by atoms with Crippen molar-refractivity contribution in [2.24, 2.45) is 0 Å². The summed E-state index contributed by atoms with van der Waals surface area (Å²) in [7, 11) is 0. The van der Waals surface area contributed by atoms with Gasteiger partial charge in [-0.3, -0.25) is 0 Å². The molecule has 0 saturated heterocycles. The topological polar surface area (TPSA) is 43.1 Å². The van der Waals surface area contributed by atoms with Crippen molar-refractivity contribution in [2.75, 3.05) is 0 Å². The van der Waals surface area contributed by atoms with E-state index in [0.29, 0.717) is 6.42 Å². The number of aryl methyl sites for hydroxylation is 1. The SMILES string of the molecule is Cc1ccc(F)cc1Cc1nn2c(C(C)C)nnc2s1. The number of benzene rings is 1. The minimum absolute atomic E-state index is 0.212. The Kier molecular flexibility index (Phi) is 3.25. The van der Waals surface area contributed by atoms with Crippen molar-refractivity contribution < 1.29 is 4.39 Å². The second-order valence-corrected chi connectivity index (χ2v) is 6.19. The molecule has 1 aromatic carbocycles. The standard InChI is InChI=1S/C14H15FN4S/c1-8(2)13-16-17-14-19(13)18-12(20-14)7-10-6-11(15)5-4-9(10)3/h4-6,8H,7H2,1-3H3. The second-order valence-electron chi connectivity index (χ2n) is 5.15. The van der Waals surface area contributed by atoms with Gasteiger partial charge >= 0.3 is 0 Å². The summed E-state index contributed by atoms with van der Waals surface area (Å²) < 4.78 is 15.1. The van der Waals surface area contributed by atoms with Crippen LogP contribution >= 0.6 is 11.3 Å². The first kappa shape index (κ1) is 13.2. The Balaban J connectivity index is 1.97. The normalized spacial score (nSPS) is 11.7. The molecule has 0 N–H and O–H groups in total. The Labute approximate surface area is 120 Å². The van der Waals surface area contributed by atoms with Crippen LogP contribution in [0.2, 0.25) is 0 Å². The molecule has 0 atom stereocenters. The van der Waals surface area contributed by atoms with Crippen LogP contribution in [0.3, 0.4) is 0 Å². The molecule has 4 nitrogen and oxygen atoms in total. The monoisotopic (exact) mass is 290 g/mol. The van der Waals surface area contributed by atoms with E-state index in [9.17, 15) is 4.39 Å². The number of nitrogens with zero attached hydrogens (tertiary/aromatic N) is 4. The lowest BCUT2D eigenvalue weighted by molar-refractivity contribution is 0.625. The van der Waals surface area contributed by atoms with E-state index >= 15 is 0 Å². The fourth-order valence-electron chi connectivity index (χ4n) is 2.10. The van der Waals surface area contributed by atoms with Gasteiger partial charge in [-0.2, -0.15) is 9.61 Å². The van der Waals surface area contributed by atoms with E-state index in [4.69, 9.17) is 0 Å². The molecule has 0 aliphatic rings. The van der Waals surface area contributed by atoms with Gasteiger partial charge in [0, 0.05) is 12.3 Å². The van der Waals surface area contributed by atoms with Gasteiger partial charge in [0.05, 0.1) is 0 Å². The first-order chi connectivity index (χ1) is 9.54. The van der Waals surface area contributed by atoms with Crippen molar-refractivity contribution in [3.05, 3.63) is 46.0 Å². The lowest BCUT2D eigenvalue weighted by Crippen LogP contribution is -1.99. The predicted molar refractivity (Wildman–Crippen MR) is 76.7 cm³/mol. The summed E-state index contributed by atoms with van der Waals surface area (Å²) in [6.45, 7) is 6.10. The fraction of sp³-hybridized carbons (Fsp3) is 0.357. The highest BCUT2D eigenvalue weighted by atomic mass is 32.1. The Morgan fingerprint density at radius 2 is 2.10 bits per heavy atom. The highest BCUT2D eigenvalue weighted by Crippen LogP contribution is 2.22. The molecule has 0 bridgehead atoms. The molecule has 3 aromatic rings. The van der Waals surface area contributed by atoms with Crippen LogP contribution in [0.15, 0.2) is 18.2 Å². The summed E-state index contributed by atoms with van der Waals surface area (Å²) in [4.78, 5) is 0.790. The first-order valence-electron chi connectivity index (χ1n) is 6.50. The average molecular weight is 290 g/mol. The predicted octanol–water partition coefficient (Wildman–Crippen LogP) is 3.35. The average Bonchev–Trinajstić information content (AvgIpc) is 2.92. The van der Waals surface area contributed by atoms with Crippen molar-refractivity contribution in [1.29, 1.82) is 0 Å². The van der Waals surface area contributed by atoms with E-state index in [1.807, 2.05) is 6.92 Å². The molecule has 20 heavy (non-hydrogen) atoms. The molecule has 0 radical (unpaired) electrons. The van der Waals surface area contributed by atoms with E-state index < -0.39 is 0 Å². The summed E-state index contributed by atoms with van der Waals surface area (Å²) in [6.07, 6.45) is 0.620. The van der Waals surface area contributed by atoms with E-state index in [0.717, 1.165) is 26.9 Å². The molecule has 0 fully saturated rings. The minimum Gasteiger partial charge on any atom is -0.207 e. The van der Waals surface area contributed by atoms with Gasteiger partial charge in [0.15, 0.2) is 5.82 Å². The summed E-state index contributed by atoms with van der Waals surface area (Å²) in [5.74, 6) is 0.922. The van der Waals surface area contributed by atoms with Crippen LogP contribution in [0.4, 0.5) is 4.39 Å². The number of rotatable bonds is 3. The van der Waals surface area contributed by atoms with Gasteiger partial charge in [-0.1, -0.05) is 31.3 Å². The Morgan fingerprint density at radius 1 is 1.30 bits per heavy atom. The largest absolute Gasteiger partial charge is 0.234 e. The highest BCUT2D eigenvalue weighted by Gasteiger charge is 2.14.